The second-order valence-corrected chi connectivity index (χ2v) is 14.5. The molecule has 53 heavy (non-hydrogen) atoms. The number of fused-ring (bicyclic) bond motifs is 1. The maximum Gasteiger partial charge on any atom is 0.508 e. The third-order valence-corrected chi connectivity index (χ3v) is 10.6. The van der Waals surface area contributed by atoms with E-state index >= 15 is 0 Å². The van der Waals surface area contributed by atoms with Crippen LogP contribution in [0.15, 0.2) is 36.7 Å². The summed E-state index contributed by atoms with van der Waals surface area (Å²) >= 11 is 0. The Labute approximate surface area is 309 Å². The predicted molar refractivity (Wildman–Crippen MR) is 194 cm³/mol. The van der Waals surface area contributed by atoms with Crippen LogP contribution in [0.25, 0.3) is 11.2 Å². The number of para-hydroxylation sites is 1. The number of nitrogens with two attached hydrogens (primary N) is 1. The van der Waals surface area contributed by atoms with Crippen LogP contribution >= 0.6 is 7.75 Å². The first kappa shape index (κ1) is 41.5. The van der Waals surface area contributed by atoms with Crippen molar-refractivity contribution < 1.29 is 46.5 Å². The van der Waals surface area contributed by atoms with Crippen molar-refractivity contribution in [2.24, 2.45) is 5.92 Å². The molecule has 1 saturated heterocycles. The molecule has 0 spiro atoms. The normalized spacial score (nSPS) is 20.1. The second kappa shape index (κ2) is 19.7. The Morgan fingerprint density at radius 1 is 1.13 bits per heavy atom. The number of nitrogen functional groups attached to an aromatic ring is 1. The number of esters is 1. The van der Waals surface area contributed by atoms with Crippen molar-refractivity contribution in [1.29, 1.82) is 0 Å². The Kier molecular flexibility index (Phi) is 15.4. The lowest BCUT2D eigenvalue weighted by Crippen LogP contribution is -2.46. The molecule has 3 heterocycles. The highest BCUT2D eigenvalue weighted by molar-refractivity contribution is 7.52. The van der Waals surface area contributed by atoms with Gasteiger partial charge in [-0.2, -0.15) is 19.4 Å². The second-order valence-electron chi connectivity index (χ2n) is 12.9. The number of benzene rings is 1. The van der Waals surface area contributed by atoms with Crippen LogP contribution in [0.2, 0.25) is 0 Å². The average molecular weight is 761 g/mol. The maximum absolute atomic E-state index is 14.4. The van der Waals surface area contributed by atoms with Gasteiger partial charge < -0.3 is 29.2 Å². The highest BCUT2D eigenvalue weighted by Crippen LogP contribution is 2.48. The number of terminal acetylenes is 1. The molecule has 0 aliphatic carbocycles. The third-order valence-electron chi connectivity index (χ3n) is 8.95. The first-order valence-corrected chi connectivity index (χ1v) is 19.6. The van der Waals surface area contributed by atoms with Crippen LogP contribution in [0.5, 0.6) is 5.75 Å². The number of ether oxygens (including phenoxy) is 4. The van der Waals surface area contributed by atoms with Crippen molar-refractivity contribution in [3.05, 3.63) is 42.7 Å². The Morgan fingerprint density at radius 2 is 1.85 bits per heavy atom. The number of hydrogen-bond acceptors (Lipinski definition) is 13. The van der Waals surface area contributed by atoms with E-state index in [2.05, 4.69) is 32.9 Å². The summed E-state index contributed by atoms with van der Waals surface area (Å²) in [5.74, 6) is 1.97. The van der Waals surface area contributed by atoms with Gasteiger partial charge >= 0.3 is 25.9 Å². The van der Waals surface area contributed by atoms with Crippen molar-refractivity contribution in [2.45, 2.75) is 109 Å². The maximum atomic E-state index is 14.4. The van der Waals surface area contributed by atoms with Crippen LogP contribution < -0.4 is 15.3 Å². The molecule has 290 valence electrons. The Balaban J connectivity index is 1.58. The number of rotatable bonds is 21. The summed E-state index contributed by atoms with van der Waals surface area (Å²) in [6.45, 7) is 7.24. The largest absolute Gasteiger partial charge is 0.508 e. The number of aromatic nitrogens is 4. The number of nitrogens with zero attached hydrogens (tertiary/aromatic N) is 4. The van der Waals surface area contributed by atoms with E-state index in [4.69, 9.17) is 40.2 Å². The van der Waals surface area contributed by atoms with Gasteiger partial charge in [-0.25, -0.2) is 14.3 Å². The van der Waals surface area contributed by atoms with E-state index < -0.39 is 56.5 Å². The van der Waals surface area contributed by atoms with Crippen LogP contribution in [0.4, 0.5) is 15.0 Å². The standard InChI is InChI=1S/C36H50FN6O9P/c1-6-10-11-12-13-17-20-47-35(45)50-28-21-29(43-24-39-30-31(38)40-34(37)41-32(30)43)51-36(28,9-4)23-49-53(46,52-27-18-15-14-16-19-27)42-25(5)33(44)48-22-26(7-2)8-3/h4,14-16,18-19,24-26,28-29H,6-8,10-13,17,20-23H2,1-3,5H3,(H,42,46)(H2,38,40,41)/t25-,28-,29+,36+,53-/m0/s1. The van der Waals surface area contributed by atoms with E-state index in [0.717, 1.165) is 44.9 Å². The number of carbonyl (C=O) groups excluding carboxylic acids is 2. The number of anilines is 1. The fraction of sp³-hybridized carbons (Fsp3) is 0.583. The van der Waals surface area contributed by atoms with E-state index in [1.54, 1.807) is 30.3 Å². The zero-order valence-electron chi connectivity index (χ0n) is 30.7. The molecule has 0 saturated carbocycles. The van der Waals surface area contributed by atoms with Crippen LogP contribution in [-0.2, 0) is 32.8 Å². The third kappa shape index (κ3) is 11.4. The summed E-state index contributed by atoms with van der Waals surface area (Å²) in [6, 6.07) is 7.03. The predicted octanol–water partition coefficient (Wildman–Crippen LogP) is 6.88. The Hall–Kier alpha value is -4.29. The summed E-state index contributed by atoms with van der Waals surface area (Å²) in [4.78, 5) is 37.5. The van der Waals surface area contributed by atoms with E-state index in [1.165, 1.54) is 17.8 Å². The molecular weight excluding hydrogens is 710 g/mol. The van der Waals surface area contributed by atoms with Gasteiger partial charge in [-0.05, 0) is 31.4 Å². The topological polar surface area (TPSA) is 188 Å². The zero-order chi connectivity index (χ0) is 38.4. The molecule has 5 atom stereocenters. The summed E-state index contributed by atoms with van der Waals surface area (Å²) < 4.78 is 64.7. The molecule has 2 aromatic heterocycles. The number of nitrogens with one attached hydrogen (secondary N) is 1. The number of carbonyl (C=O) groups is 2. The van der Waals surface area contributed by atoms with Gasteiger partial charge in [-0.15, -0.1) is 6.42 Å². The number of halogens is 1. The van der Waals surface area contributed by atoms with Crippen LogP contribution in [0.3, 0.4) is 0 Å². The molecule has 17 heteroatoms. The molecule has 15 nitrogen and oxygen atoms in total. The quantitative estimate of drug-likeness (QED) is 0.0376. The van der Waals surface area contributed by atoms with Gasteiger partial charge in [-0.3, -0.25) is 13.9 Å². The van der Waals surface area contributed by atoms with E-state index in [-0.39, 0.29) is 48.3 Å². The number of unbranched alkanes of at least 4 members (excludes halogenated alkanes) is 5. The highest BCUT2D eigenvalue weighted by atomic mass is 31.2. The Morgan fingerprint density at radius 3 is 2.55 bits per heavy atom. The first-order chi connectivity index (χ1) is 25.5. The lowest BCUT2D eigenvalue weighted by Gasteiger charge is -2.31. The van der Waals surface area contributed by atoms with Crippen LogP contribution in [0, 0.1) is 24.3 Å². The summed E-state index contributed by atoms with van der Waals surface area (Å²) in [5.41, 5.74) is 4.07. The zero-order valence-corrected chi connectivity index (χ0v) is 31.6. The monoisotopic (exact) mass is 760 g/mol. The van der Waals surface area contributed by atoms with Crippen molar-refractivity contribution in [2.75, 3.05) is 25.6 Å². The minimum atomic E-state index is -4.45. The minimum Gasteiger partial charge on any atom is -0.464 e. The average Bonchev–Trinajstić information content (AvgIpc) is 3.72. The van der Waals surface area contributed by atoms with Crippen molar-refractivity contribution in [3.63, 3.8) is 0 Å². The van der Waals surface area contributed by atoms with Gasteiger partial charge in [0, 0.05) is 6.42 Å². The van der Waals surface area contributed by atoms with Gasteiger partial charge in [0.25, 0.3) is 0 Å². The van der Waals surface area contributed by atoms with Crippen LogP contribution in [0.1, 0.15) is 91.7 Å². The molecule has 4 rings (SSSR count). The van der Waals surface area contributed by atoms with Gasteiger partial charge in [0.2, 0.25) is 0 Å². The van der Waals surface area contributed by atoms with Crippen molar-refractivity contribution >= 4 is 36.9 Å². The summed E-state index contributed by atoms with van der Waals surface area (Å²) in [6.07, 6.45) is 10.4. The van der Waals surface area contributed by atoms with E-state index in [9.17, 15) is 18.5 Å². The molecule has 1 aliphatic heterocycles. The Bertz CT molecular complexity index is 1740. The SMILES string of the molecule is C#C[C@]1(CO[P@@](=O)(N[C@@H](C)C(=O)OCC(CC)CC)Oc2ccccc2)O[C@@H](n2cnc3c(N)nc(F)nc32)C[C@@H]1OC(=O)OCCCCCCCC. The lowest BCUT2D eigenvalue weighted by atomic mass is 9.99. The molecular formula is C36H50FN6O9P. The van der Waals surface area contributed by atoms with Gasteiger partial charge in [0.15, 0.2) is 28.7 Å². The summed E-state index contributed by atoms with van der Waals surface area (Å²) in [5, 5.41) is 2.64. The molecule has 0 amide bonds. The minimum absolute atomic E-state index is 0.00129. The first-order valence-electron chi connectivity index (χ1n) is 18.0. The molecule has 3 N–H and O–H groups in total. The highest BCUT2D eigenvalue weighted by Gasteiger charge is 2.53. The number of imidazole rings is 1. The molecule has 3 aromatic rings. The van der Waals surface area contributed by atoms with Gasteiger partial charge in [-0.1, -0.05) is 89.8 Å². The number of hydrogen-bond donors (Lipinski definition) is 2. The molecule has 0 bridgehead atoms. The smallest absolute Gasteiger partial charge is 0.464 e. The molecule has 1 fully saturated rings. The van der Waals surface area contributed by atoms with Gasteiger partial charge in [0.05, 0.1) is 19.5 Å². The van der Waals surface area contributed by atoms with Gasteiger partial charge in [0.1, 0.15) is 24.6 Å². The fourth-order valence-corrected chi connectivity index (χ4v) is 7.21. The molecule has 1 aliphatic rings. The van der Waals surface area contributed by atoms with Crippen LogP contribution in [-0.4, -0.2) is 69.2 Å². The molecule has 0 radical (unpaired) electrons. The van der Waals surface area contributed by atoms with E-state index in [1.807, 2.05) is 13.8 Å². The fourth-order valence-electron chi connectivity index (χ4n) is 5.69. The summed E-state index contributed by atoms with van der Waals surface area (Å²) in [7, 11) is -4.45. The van der Waals surface area contributed by atoms with Crippen molar-refractivity contribution in [1.82, 2.24) is 24.6 Å². The van der Waals surface area contributed by atoms with E-state index in [0.29, 0.717) is 6.42 Å². The lowest BCUT2D eigenvalue weighted by molar-refractivity contribution is -0.146. The van der Waals surface area contributed by atoms with Crippen molar-refractivity contribution in [3.8, 4) is 18.1 Å². The molecule has 1 aromatic carbocycles. The molecule has 0 unspecified atom stereocenters.